The highest BCUT2D eigenvalue weighted by molar-refractivity contribution is 5.99. The van der Waals surface area contributed by atoms with E-state index in [0.717, 1.165) is 6.42 Å². The van der Waals surface area contributed by atoms with Crippen LogP contribution in [0.5, 0.6) is 0 Å². The Morgan fingerprint density at radius 3 is 1.57 bits per heavy atom. The second-order valence-electron chi connectivity index (χ2n) is 12.2. The van der Waals surface area contributed by atoms with Crippen molar-refractivity contribution in [3.63, 3.8) is 0 Å². The Labute approximate surface area is 272 Å². The van der Waals surface area contributed by atoms with E-state index in [1.54, 1.807) is 0 Å². The number of nitrogens with zero attached hydrogens (tertiary/aromatic N) is 1. The standard InChI is InChI=1S/C45H35N/c1-31-29-41-37-23-10-9-21-35(37)30-42(41)45(32(31)2)46(43-27-15-13-24-38(43)34-19-7-4-8-20-34)44-28-16-14-26-40(44)39-25-12-11-22-36(39)33-17-5-3-6-18-33/h3-29H,30H2,1-2H3. The summed E-state index contributed by atoms with van der Waals surface area (Å²) in [6.07, 6.45) is 0.911. The molecule has 0 bridgehead atoms. The van der Waals surface area contributed by atoms with Gasteiger partial charge in [-0.25, -0.2) is 0 Å². The lowest BCUT2D eigenvalue weighted by Gasteiger charge is -2.33. The van der Waals surface area contributed by atoms with Crippen molar-refractivity contribution in [2.24, 2.45) is 0 Å². The molecule has 46 heavy (non-hydrogen) atoms. The number of aryl methyl sites for hydroxylation is 1. The molecule has 220 valence electrons. The van der Waals surface area contributed by atoms with Crippen LogP contribution in [0.15, 0.2) is 164 Å². The van der Waals surface area contributed by atoms with Crippen LogP contribution in [0.25, 0.3) is 44.5 Å². The molecule has 0 saturated heterocycles. The second kappa shape index (κ2) is 11.7. The third-order valence-corrected chi connectivity index (χ3v) is 9.49. The van der Waals surface area contributed by atoms with Crippen LogP contribution in [-0.2, 0) is 6.42 Å². The molecule has 0 N–H and O–H groups in total. The number of hydrogen-bond donors (Lipinski definition) is 0. The van der Waals surface area contributed by atoms with Crippen LogP contribution in [0, 0.1) is 13.8 Å². The molecule has 1 nitrogen and oxygen atoms in total. The van der Waals surface area contributed by atoms with E-state index in [2.05, 4.69) is 183 Å². The minimum atomic E-state index is 0.911. The lowest BCUT2D eigenvalue weighted by atomic mass is 9.91. The van der Waals surface area contributed by atoms with Crippen LogP contribution in [-0.4, -0.2) is 0 Å². The van der Waals surface area contributed by atoms with E-state index in [0.29, 0.717) is 0 Å². The Morgan fingerprint density at radius 2 is 0.891 bits per heavy atom. The SMILES string of the molecule is Cc1cc2c(c(N(c3ccccc3-c3ccccc3)c3ccccc3-c3ccccc3-c3ccccc3)c1C)Cc1ccccc1-2. The maximum Gasteiger partial charge on any atom is 0.0540 e. The first-order chi connectivity index (χ1) is 22.7. The molecule has 1 aliphatic rings. The zero-order chi connectivity index (χ0) is 31.0. The number of fused-ring (bicyclic) bond motifs is 3. The Balaban J connectivity index is 1.45. The number of rotatable bonds is 6. The first kappa shape index (κ1) is 27.9. The van der Waals surface area contributed by atoms with E-state index in [9.17, 15) is 0 Å². The van der Waals surface area contributed by atoms with Gasteiger partial charge in [0.05, 0.1) is 17.1 Å². The van der Waals surface area contributed by atoms with Crippen LogP contribution in [0.3, 0.4) is 0 Å². The molecule has 1 aliphatic carbocycles. The Morgan fingerprint density at radius 1 is 0.413 bits per heavy atom. The highest BCUT2D eigenvalue weighted by Crippen LogP contribution is 2.52. The molecule has 0 aliphatic heterocycles. The van der Waals surface area contributed by atoms with Gasteiger partial charge in [0.15, 0.2) is 0 Å². The minimum absolute atomic E-state index is 0.911. The molecule has 8 rings (SSSR count). The third-order valence-electron chi connectivity index (χ3n) is 9.49. The van der Waals surface area contributed by atoms with Gasteiger partial charge in [-0.15, -0.1) is 0 Å². The van der Waals surface area contributed by atoms with Gasteiger partial charge in [-0.2, -0.15) is 0 Å². The van der Waals surface area contributed by atoms with Crippen molar-refractivity contribution in [3.05, 3.63) is 186 Å². The van der Waals surface area contributed by atoms with Gasteiger partial charge in [-0.3, -0.25) is 0 Å². The summed E-state index contributed by atoms with van der Waals surface area (Å²) in [7, 11) is 0. The second-order valence-corrected chi connectivity index (χ2v) is 12.2. The quantitative estimate of drug-likeness (QED) is 0.186. The van der Waals surface area contributed by atoms with Crippen LogP contribution >= 0.6 is 0 Å². The lowest BCUT2D eigenvalue weighted by molar-refractivity contribution is 1.16. The Bertz CT molecular complexity index is 2190. The number of hydrogen-bond acceptors (Lipinski definition) is 1. The molecule has 7 aromatic carbocycles. The zero-order valence-corrected chi connectivity index (χ0v) is 26.2. The van der Waals surface area contributed by atoms with Crippen LogP contribution in [0.1, 0.15) is 22.3 Å². The van der Waals surface area contributed by atoms with Crippen molar-refractivity contribution in [1.82, 2.24) is 0 Å². The maximum absolute atomic E-state index is 2.56. The number of benzene rings is 7. The summed E-state index contributed by atoms with van der Waals surface area (Å²) in [5.74, 6) is 0. The van der Waals surface area contributed by atoms with Crippen LogP contribution in [0.4, 0.5) is 17.1 Å². The smallest absolute Gasteiger partial charge is 0.0540 e. The summed E-state index contributed by atoms with van der Waals surface area (Å²) in [5.41, 5.74) is 19.0. The predicted molar refractivity (Wildman–Crippen MR) is 195 cm³/mol. The van der Waals surface area contributed by atoms with Gasteiger partial charge in [0.25, 0.3) is 0 Å². The molecule has 0 spiro atoms. The first-order valence-corrected chi connectivity index (χ1v) is 16.1. The number of anilines is 3. The summed E-state index contributed by atoms with van der Waals surface area (Å²) < 4.78 is 0. The highest BCUT2D eigenvalue weighted by Gasteiger charge is 2.30. The molecule has 0 aromatic heterocycles. The van der Waals surface area contributed by atoms with Crippen molar-refractivity contribution in [1.29, 1.82) is 0 Å². The third kappa shape index (κ3) is 4.73. The largest absolute Gasteiger partial charge is 0.309 e. The van der Waals surface area contributed by atoms with Crippen molar-refractivity contribution >= 4 is 17.1 Å². The summed E-state index contributed by atoms with van der Waals surface area (Å²) in [6.45, 7) is 4.56. The average Bonchev–Trinajstić information content (AvgIpc) is 3.49. The van der Waals surface area contributed by atoms with Gasteiger partial charge in [0.2, 0.25) is 0 Å². The minimum Gasteiger partial charge on any atom is -0.309 e. The molecular weight excluding hydrogens is 555 g/mol. The van der Waals surface area contributed by atoms with Crippen molar-refractivity contribution in [2.75, 3.05) is 4.90 Å². The lowest BCUT2D eigenvalue weighted by Crippen LogP contribution is -2.16. The molecule has 0 fully saturated rings. The van der Waals surface area contributed by atoms with Gasteiger partial charge in [-0.1, -0.05) is 152 Å². The molecule has 0 saturated carbocycles. The molecule has 0 radical (unpaired) electrons. The summed E-state index contributed by atoms with van der Waals surface area (Å²) >= 11 is 0. The fourth-order valence-corrected chi connectivity index (χ4v) is 7.19. The molecule has 7 aromatic rings. The van der Waals surface area contributed by atoms with Gasteiger partial charge in [0, 0.05) is 17.5 Å². The molecule has 0 amide bonds. The van der Waals surface area contributed by atoms with Gasteiger partial charge < -0.3 is 4.90 Å². The molecule has 0 atom stereocenters. The van der Waals surface area contributed by atoms with E-state index < -0.39 is 0 Å². The van der Waals surface area contributed by atoms with E-state index in [-0.39, 0.29) is 0 Å². The van der Waals surface area contributed by atoms with Gasteiger partial charge in [-0.05, 0) is 81.6 Å². The first-order valence-electron chi connectivity index (χ1n) is 16.1. The van der Waals surface area contributed by atoms with Crippen LogP contribution in [0.2, 0.25) is 0 Å². The Hall–Kier alpha value is -5.66. The van der Waals surface area contributed by atoms with Crippen LogP contribution < -0.4 is 4.90 Å². The van der Waals surface area contributed by atoms with E-state index in [4.69, 9.17) is 0 Å². The average molecular weight is 590 g/mol. The highest BCUT2D eigenvalue weighted by atomic mass is 15.2. The van der Waals surface area contributed by atoms with E-state index in [1.807, 2.05) is 0 Å². The fourth-order valence-electron chi connectivity index (χ4n) is 7.19. The summed E-state index contributed by atoms with van der Waals surface area (Å²) in [5, 5.41) is 0. The summed E-state index contributed by atoms with van der Waals surface area (Å²) in [6, 6.07) is 59.5. The fraction of sp³-hybridized carbons (Fsp3) is 0.0667. The number of para-hydroxylation sites is 2. The molecule has 1 heteroatoms. The van der Waals surface area contributed by atoms with E-state index >= 15 is 0 Å². The predicted octanol–water partition coefficient (Wildman–Crippen LogP) is 12.3. The zero-order valence-electron chi connectivity index (χ0n) is 26.2. The Kier molecular flexibility index (Phi) is 7.08. The van der Waals surface area contributed by atoms with Crippen molar-refractivity contribution < 1.29 is 0 Å². The normalized spacial score (nSPS) is 11.6. The topological polar surface area (TPSA) is 3.24 Å². The van der Waals surface area contributed by atoms with Gasteiger partial charge >= 0.3 is 0 Å². The summed E-state index contributed by atoms with van der Waals surface area (Å²) in [4.78, 5) is 2.56. The van der Waals surface area contributed by atoms with Crippen molar-refractivity contribution in [2.45, 2.75) is 20.3 Å². The monoisotopic (exact) mass is 589 g/mol. The molecule has 0 heterocycles. The van der Waals surface area contributed by atoms with E-state index in [1.165, 1.54) is 83.8 Å². The maximum atomic E-state index is 2.56. The molecular formula is C45H35N. The van der Waals surface area contributed by atoms with Crippen molar-refractivity contribution in [3.8, 4) is 44.5 Å². The van der Waals surface area contributed by atoms with Gasteiger partial charge in [0.1, 0.15) is 0 Å². The molecule has 0 unspecified atom stereocenters.